The number of rotatable bonds is 0. The monoisotopic (exact) mass is 340 g/mol. The number of nitrogens with one attached hydrogen (secondary N) is 1. The standard InChI is InChI=1S/C12H19F3N2O2.C2H4O2/c1-10(2)5-11(7-16-6-10)3-4-17(8-19-11)9(18)12(13,14)15;1-2(3)4/h16H,3-8H2,1-2H3;1H3,(H,3,4). The van der Waals surface area contributed by atoms with Crippen molar-refractivity contribution in [2.45, 2.75) is 45.4 Å². The Morgan fingerprint density at radius 3 is 2.22 bits per heavy atom. The molecule has 0 saturated carbocycles. The van der Waals surface area contributed by atoms with Gasteiger partial charge in [-0.25, -0.2) is 0 Å². The van der Waals surface area contributed by atoms with E-state index in [0.29, 0.717) is 13.0 Å². The van der Waals surface area contributed by atoms with Gasteiger partial charge in [-0.1, -0.05) is 13.8 Å². The average Bonchev–Trinajstić information content (AvgIpc) is 2.35. The van der Waals surface area contributed by atoms with Crippen LogP contribution in [0.3, 0.4) is 0 Å². The number of alkyl halides is 3. The Kier molecular flexibility index (Phi) is 6.03. The first-order valence-electron chi connectivity index (χ1n) is 7.27. The molecule has 1 atom stereocenters. The van der Waals surface area contributed by atoms with Gasteiger partial charge in [-0.2, -0.15) is 13.2 Å². The number of carboxylic acids is 1. The van der Waals surface area contributed by atoms with E-state index in [0.717, 1.165) is 24.8 Å². The van der Waals surface area contributed by atoms with E-state index in [1.165, 1.54) is 0 Å². The number of aliphatic carboxylic acids is 1. The van der Waals surface area contributed by atoms with Crippen molar-refractivity contribution >= 4 is 11.9 Å². The summed E-state index contributed by atoms with van der Waals surface area (Å²) in [6.45, 7) is 6.58. The van der Waals surface area contributed by atoms with Gasteiger partial charge >= 0.3 is 12.1 Å². The molecule has 0 aromatic heterocycles. The Morgan fingerprint density at radius 2 is 1.83 bits per heavy atom. The highest BCUT2D eigenvalue weighted by Crippen LogP contribution is 2.38. The minimum Gasteiger partial charge on any atom is -0.481 e. The third kappa shape index (κ3) is 5.98. The number of hydrogen-bond acceptors (Lipinski definition) is 4. The number of carbonyl (C=O) groups is 2. The molecule has 6 nitrogen and oxygen atoms in total. The van der Waals surface area contributed by atoms with Gasteiger partial charge in [0.2, 0.25) is 0 Å². The molecule has 0 bridgehead atoms. The first kappa shape index (κ1) is 19.7. The fourth-order valence-electron chi connectivity index (χ4n) is 2.93. The second kappa shape index (κ2) is 7.04. The topological polar surface area (TPSA) is 78.9 Å². The van der Waals surface area contributed by atoms with Crippen molar-refractivity contribution in [2.24, 2.45) is 5.41 Å². The maximum atomic E-state index is 12.3. The van der Waals surface area contributed by atoms with Crippen LogP contribution in [0.25, 0.3) is 0 Å². The lowest BCUT2D eigenvalue weighted by atomic mass is 9.75. The van der Waals surface area contributed by atoms with Crippen molar-refractivity contribution in [2.75, 3.05) is 26.4 Å². The van der Waals surface area contributed by atoms with Crippen LogP contribution in [0.15, 0.2) is 0 Å². The number of carbonyl (C=O) groups excluding carboxylic acids is 1. The second-order valence-corrected chi connectivity index (χ2v) is 6.74. The molecular formula is C14H23F3N2O4. The maximum Gasteiger partial charge on any atom is 0.471 e. The first-order valence-corrected chi connectivity index (χ1v) is 7.27. The zero-order valence-electron chi connectivity index (χ0n) is 13.5. The Morgan fingerprint density at radius 1 is 1.26 bits per heavy atom. The number of amides is 1. The van der Waals surface area contributed by atoms with Crippen molar-refractivity contribution in [3.05, 3.63) is 0 Å². The van der Waals surface area contributed by atoms with Crippen molar-refractivity contribution in [1.29, 1.82) is 0 Å². The van der Waals surface area contributed by atoms with Crippen molar-refractivity contribution in [3.63, 3.8) is 0 Å². The molecule has 2 aliphatic heterocycles. The summed E-state index contributed by atoms with van der Waals surface area (Å²) in [4.78, 5) is 20.9. The molecule has 0 aromatic carbocycles. The lowest BCUT2D eigenvalue weighted by Crippen LogP contribution is -2.60. The zero-order valence-corrected chi connectivity index (χ0v) is 13.5. The van der Waals surface area contributed by atoms with E-state index in [4.69, 9.17) is 14.6 Å². The SMILES string of the molecule is CC(=O)O.CC1(C)CNCC2(CCN(C(=O)C(F)(F)F)CO2)C1. The molecule has 2 saturated heterocycles. The molecular weight excluding hydrogens is 317 g/mol. The van der Waals surface area contributed by atoms with E-state index in [1.807, 2.05) is 0 Å². The molecule has 0 aromatic rings. The zero-order chi connectivity index (χ0) is 17.9. The van der Waals surface area contributed by atoms with E-state index in [1.54, 1.807) is 0 Å². The highest BCUT2D eigenvalue weighted by Gasteiger charge is 2.48. The van der Waals surface area contributed by atoms with Gasteiger partial charge in [0, 0.05) is 26.6 Å². The van der Waals surface area contributed by atoms with Gasteiger partial charge in [0.05, 0.1) is 5.60 Å². The van der Waals surface area contributed by atoms with Crippen LogP contribution < -0.4 is 5.32 Å². The van der Waals surface area contributed by atoms with Crippen LogP contribution >= 0.6 is 0 Å². The predicted molar refractivity (Wildman–Crippen MR) is 75.6 cm³/mol. The largest absolute Gasteiger partial charge is 0.481 e. The molecule has 1 amide bonds. The van der Waals surface area contributed by atoms with E-state index >= 15 is 0 Å². The lowest BCUT2D eigenvalue weighted by Gasteiger charge is -2.49. The van der Waals surface area contributed by atoms with Gasteiger partial charge in [0.15, 0.2) is 0 Å². The third-order valence-corrected chi connectivity index (χ3v) is 3.75. The van der Waals surface area contributed by atoms with Crippen LogP contribution in [0.1, 0.15) is 33.6 Å². The number of hydrogen-bond donors (Lipinski definition) is 2. The van der Waals surface area contributed by atoms with Gasteiger partial charge in [-0.15, -0.1) is 0 Å². The van der Waals surface area contributed by atoms with Crippen LogP contribution in [0.5, 0.6) is 0 Å². The summed E-state index contributed by atoms with van der Waals surface area (Å²) in [6, 6.07) is 0. The first-order chi connectivity index (χ1) is 10.4. The summed E-state index contributed by atoms with van der Waals surface area (Å²) in [6.07, 6.45) is -3.59. The normalized spacial score (nSPS) is 27.1. The van der Waals surface area contributed by atoms with Gasteiger partial charge in [0.25, 0.3) is 5.97 Å². The minimum absolute atomic E-state index is 0.0501. The number of halogens is 3. The van der Waals surface area contributed by atoms with Crippen LogP contribution in [0, 0.1) is 5.41 Å². The Bertz CT molecular complexity index is 440. The summed E-state index contributed by atoms with van der Waals surface area (Å²) in [5.74, 6) is -2.65. The fourth-order valence-corrected chi connectivity index (χ4v) is 2.93. The van der Waals surface area contributed by atoms with Crippen molar-refractivity contribution in [3.8, 4) is 0 Å². The predicted octanol–water partition coefficient (Wildman–Crippen LogP) is 1.60. The van der Waals surface area contributed by atoms with Crippen molar-refractivity contribution < 1.29 is 32.6 Å². The molecule has 2 aliphatic rings. The molecule has 23 heavy (non-hydrogen) atoms. The number of carboxylic acid groups (broad SMARTS) is 1. The molecule has 1 spiro atoms. The van der Waals surface area contributed by atoms with Crippen molar-refractivity contribution in [1.82, 2.24) is 10.2 Å². The van der Waals surface area contributed by atoms with E-state index in [2.05, 4.69) is 19.2 Å². The highest BCUT2D eigenvalue weighted by atomic mass is 19.4. The highest BCUT2D eigenvalue weighted by molar-refractivity contribution is 5.81. The quantitative estimate of drug-likeness (QED) is 0.700. The Labute approximate surface area is 133 Å². The van der Waals surface area contributed by atoms with Crippen LogP contribution in [0.2, 0.25) is 0 Å². The molecule has 0 aliphatic carbocycles. The molecule has 2 rings (SSSR count). The fraction of sp³-hybridized carbons (Fsp3) is 0.857. The van der Waals surface area contributed by atoms with E-state index in [-0.39, 0.29) is 18.7 Å². The third-order valence-electron chi connectivity index (χ3n) is 3.75. The average molecular weight is 340 g/mol. The van der Waals surface area contributed by atoms with Gasteiger partial charge < -0.3 is 20.1 Å². The van der Waals surface area contributed by atoms with Gasteiger partial charge in [-0.05, 0) is 18.3 Å². The molecule has 9 heteroatoms. The molecule has 0 radical (unpaired) electrons. The summed E-state index contributed by atoms with van der Waals surface area (Å²) >= 11 is 0. The lowest BCUT2D eigenvalue weighted by molar-refractivity contribution is -0.209. The Balaban J connectivity index is 0.000000593. The maximum absolute atomic E-state index is 12.3. The molecule has 2 fully saturated rings. The number of piperidine rings is 1. The summed E-state index contributed by atoms with van der Waals surface area (Å²) < 4.78 is 42.6. The molecule has 134 valence electrons. The minimum atomic E-state index is -4.82. The van der Waals surface area contributed by atoms with Crippen LogP contribution in [-0.2, 0) is 14.3 Å². The van der Waals surface area contributed by atoms with Gasteiger partial charge in [-0.3, -0.25) is 9.59 Å². The van der Waals surface area contributed by atoms with Crippen LogP contribution in [-0.4, -0.2) is 60.0 Å². The molecule has 2 N–H and O–H groups in total. The number of ether oxygens (including phenoxy) is 1. The number of nitrogens with zero attached hydrogens (tertiary/aromatic N) is 1. The van der Waals surface area contributed by atoms with Crippen LogP contribution in [0.4, 0.5) is 13.2 Å². The summed E-state index contributed by atoms with van der Waals surface area (Å²) in [5, 5.41) is 10.7. The van der Waals surface area contributed by atoms with E-state index in [9.17, 15) is 18.0 Å². The Hall–Kier alpha value is -1.35. The molecule has 2 heterocycles. The second-order valence-electron chi connectivity index (χ2n) is 6.74. The molecule has 1 unspecified atom stereocenters. The summed E-state index contributed by atoms with van der Waals surface area (Å²) in [5.41, 5.74) is -0.390. The van der Waals surface area contributed by atoms with Gasteiger partial charge in [0.1, 0.15) is 6.73 Å². The van der Waals surface area contributed by atoms with E-state index < -0.39 is 23.7 Å². The summed E-state index contributed by atoms with van der Waals surface area (Å²) in [7, 11) is 0. The smallest absolute Gasteiger partial charge is 0.471 e.